The van der Waals surface area contributed by atoms with Crippen molar-refractivity contribution < 1.29 is 14.3 Å². The first-order valence-electron chi connectivity index (χ1n) is 9.19. The summed E-state index contributed by atoms with van der Waals surface area (Å²) in [7, 11) is 1.67. The molecule has 0 spiro atoms. The Balaban J connectivity index is 1.64. The van der Waals surface area contributed by atoms with Crippen molar-refractivity contribution in [3.63, 3.8) is 0 Å². The van der Waals surface area contributed by atoms with Gasteiger partial charge in [-0.2, -0.15) is 0 Å². The zero-order valence-electron chi connectivity index (χ0n) is 16.4. The number of rotatable bonds is 6. The van der Waals surface area contributed by atoms with E-state index < -0.39 is 5.25 Å². The Morgan fingerprint density at radius 1 is 1.28 bits per heavy atom. The molecule has 0 radical (unpaired) electrons. The number of nitrogens with zero attached hydrogens (tertiary/aromatic N) is 2. The number of nitrogens with one attached hydrogen (secondary N) is 1. The summed E-state index contributed by atoms with van der Waals surface area (Å²) in [6.07, 6.45) is 0.0572. The lowest BCUT2D eigenvalue weighted by molar-refractivity contribution is -0.127. The number of carbonyl (C=O) groups is 2. The van der Waals surface area contributed by atoms with Crippen LogP contribution >= 0.6 is 23.4 Å². The van der Waals surface area contributed by atoms with Gasteiger partial charge in [-0.25, -0.2) is 4.99 Å². The fourth-order valence-corrected chi connectivity index (χ4v) is 4.08. The predicted octanol–water partition coefficient (Wildman–Crippen LogP) is 4.64. The molecule has 0 bridgehead atoms. The number of hydrogen-bond acceptors (Lipinski definition) is 5. The standard InChI is InChI=1S/C21H22ClN3O3S/c1-4-28-16-9-7-14(8-10-16)24-21-25(3)20(27)18(29-21)12-19(26)23-15-6-5-13(2)17(22)11-15/h5-11,18H,4,12H2,1-3H3,(H,23,26). The number of amides is 2. The van der Waals surface area contributed by atoms with Crippen LogP contribution < -0.4 is 10.1 Å². The second-order valence-electron chi connectivity index (χ2n) is 6.54. The molecule has 1 aliphatic rings. The lowest BCUT2D eigenvalue weighted by Gasteiger charge is -2.10. The molecule has 1 fully saturated rings. The average molecular weight is 432 g/mol. The first-order chi connectivity index (χ1) is 13.9. The third-order valence-corrected chi connectivity index (χ3v) is 5.98. The van der Waals surface area contributed by atoms with Crippen molar-refractivity contribution in [2.45, 2.75) is 25.5 Å². The molecule has 6 nitrogen and oxygen atoms in total. The molecule has 2 amide bonds. The van der Waals surface area contributed by atoms with Gasteiger partial charge in [0.05, 0.1) is 12.3 Å². The van der Waals surface area contributed by atoms with Crippen LogP contribution in [-0.4, -0.2) is 40.8 Å². The third kappa shape index (κ3) is 5.31. The first-order valence-corrected chi connectivity index (χ1v) is 10.4. The molecule has 1 aliphatic heterocycles. The quantitative estimate of drug-likeness (QED) is 0.723. The average Bonchev–Trinajstić information content (AvgIpc) is 2.94. The number of anilines is 1. The van der Waals surface area contributed by atoms with Crippen molar-refractivity contribution in [3.8, 4) is 5.75 Å². The van der Waals surface area contributed by atoms with E-state index in [1.807, 2.05) is 44.2 Å². The lowest BCUT2D eigenvalue weighted by Crippen LogP contribution is -2.30. The van der Waals surface area contributed by atoms with Gasteiger partial charge in [0.15, 0.2) is 5.17 Å². The smallest absolute Gasteiger partial charge is 0.242 e. The molecule has 0 aromatic heterocycles. The molecular weight excluding hydrogens is 410 g/mol. The second kappa shape index (κ2) is 9.33. The summed E-state index contributed by atoms with van der Waals surface area (Å²) < 4.78 is 5.42. The number of halogens is 1. The summed E-state index contributed by atoms with van der Waals surface area (Å²) in [5.41, 5.74) is 2.26. The molecule has 0 saturated carbocycles. The molecule has 1 saturated heterocycles. The Morgan fingerprint density at radius 2 is 2.00 bits per heavy atom. The highest BCUT2D eigenvalue weighted by atomic mass is 35.5. The van der Waals surface area contributed by atoms with E-state index in [1.165, 1.54) is 16.7 Å². The largest absolute Gasteiger partial charge is 0.494 e. The maximum atomic E-state index is 12.5. The number of ether oxygens (including phenoxy) is 1. The van der Waals surface area contributed by atoms with Gasteiger partial charge in [0.1, 0.15) is 11.0 Å². The molecule has 29 heavy (non-hydrogen) atoms. The minimum Gasteiger partial charge on any atom is -0.494 e. The molecule has 2 aromatic carbocycles. The van der Waals surface area contributed by atoms with Crippen LogP contribution in [0.25, 0.3) is 0 Å². The highest BCUT2D eigenvalue weighted by Gasteiger charge is 2.37. The number of hydrogen-bond donors (Lipinski definition) is 1. The van der Waals surface area contributed by atoms with Crippen LogP contribution in [0.4, 0.5) is 11.4 Å². The van der Waals surface area contributed by atoms with Crippen molar-refractivity contribution in [2.24, 2.45) is 4.99 Å². The Morgan fingerprint density at radius 3 is 2.66 bits per heavy atom. The van der Waals surface area contributed by atoms with Crippen LogP contribution in [-0.2, 0) is 9.59 Å². The van der Waals surface area contributed by atoms with Gasteiger partial charge >= 0.3 is 0 Å². The Hall–Kier alpha value is -2.51. The molecule has 3 rings (SSSR count). The number of aliphatic imine (C=N–C) groups is 1. The zero-order valence-corrected chi connectivity index (χ0v) is 18.0. The number of thioether (sulfide) groups is 1. The number of benzene rings is 2. The fraction of sp³-hybridized carbons (Fsp3) is 0.286. The van der Waals surface area contributed by atoms with Gasteiger partial charge in [0.2, 0.25) is 11.8 Å². The second-order valence-corrected chi connectivity index (χ2v) is 8.12. The Labute approximate surface area is 179 Å². The van der Waals surface area contributed by atoms with Crippen LogP contribution in [0.15, 0.2) is 47.5 Å². The normalized spacial score (nSPS) is 17.7. The SMILES string of the molecule is CCOc1ccc(N=C2SC(CC(=O)Nc3ccc(C)c(Cl)c3)C(=O)N2C)cc1. The van der Waals surface area contributed by atoms with E-state index in [2.05, 4.69) is 10.3 Å². The van der Waals surface area contributed by atoms with Crippen molar-refractivity contribution in [1.29, 1.82) is 0 Å². The maximum absolute atomic E-state index is 12.5. The maximum Gasteiger partial charge on any atom is 0.242 e. The van der Waals surface area contributed by atoms with Crippen molar-refractivity contribution in [1.82, 2.24) is 4.90 Å². The molecule has 1 N–H and O–H groups in total. The van der Waals surface area contributed by atoms with Crippen LogP contribution in [0.5, 0.6) is 5.75 Å². The van der Waals surface area contributed by atoms with Crippen LogP contribution in [0.1, 0.15) is 18.9 Å². The van der Waals surface area contributed by atoms with E-state index in [1.54, 1.807) is 19.2 Å². The number of aryl methyl sites for hydroxylation is 1. The third-order valence-electron chi connectivity index (χ3n) is 4.34. The van der Waals surface area contributed by atoms with Crippen molar-refractivity contribution in [2.75, 3.05) is 19.0 Å². The summed E-state index contributed by atoms with van der Waals surface area (Å²) >= 11 is 7.38. The topological polar surface area (TPSA) is 71.0 Å². The highest BCUT2D eigenvalue weighted by molar-refractivity contribution is 8.15. The molecule has 1 atom stereocenters. The fourth-order valence-electron chi connectivity index (χ4n) is 2.74. The van der Waals surface area contributed by atoms with Crippen molar-refractivity contribution in [3.05, 3.63) is 53.1 Å². The number of amidine groups is 1. The van der Waals surface area contributed by atoms with Crippen molar-refractivity contribution >= 4 is 51.7 Å². The highest BCUT2D eigenvalue weighted by Crippen LogP contribution is 2.31. The molecule has 8 heteroatoms. The molecule has 1 unspecified atom stereocenters. The molecule has 2 aromatic rings. The van der Waals surface area contributed by atoms with E-state index in [4.69, 9.17) is 16.3 Å². The van der Waals surface area contributed by atoms with Gasteiger partial charge in [0.25, 0.3) is 0 Å². The van der Waals surface area contributed by atoms with Crippen LogP contribution in [0.2, 0.25) is 5.02 Å². The molecule has 152 valence electrons. The van der Waals surface area contributed by atoms with Gasteiger partial charge in [-0.3, -0.25) is 14.5 Å². The van der Waals surface area contributed by atoms with E-state index in [-0.39, 0.29) is 18.2 Å². The van der Waals surface area contributed by atoms with Crippen LogP contribution in [0.3, 0.4) is 0 Å². The van der Waals surface area contributed by atoms with Gasteiger partial charge in [-0.05, 0) is 55.8 Å². The Kier molecular flexibility index (Phi) is 6.82. The summed E-state index contributed by atoms with van der Waals surface area (Å²) in [5, 5.41) is 3.43. The predicted molar refractivity (Wildman–Crippen MR) is 118 cm³/mol. The minimum atomic E-state index is -0.512. The van der Waals surface area contributed by atoms with Gasteiger partial charge < -0.3 is 10.1 Å². The monoisotopic (exact) mass is 431 g/mol. The van der Waals surface area contributed by atoms with Gasteiger partial charge in [-0.15, -0.1) is 0 Å². The van der Waals surface area contributed by atoms with E-state index in [0.29, 0.717) is 22.5 Å². The van der Waals surface area contributed by atoms with Gasteiger partial charge in [0, 0.05) is 24.2 Å². The summed E-state index contributed by atoms with van der Waals surface area (Å²) in [5.74, 6) is 0.383. The number of carbonyl (C=O) groups excluding carboxylic acids is 2. The summed E-state index contributed by atoms with van der Waals surface area (Å²) in [4.78, 5) is 30.9. The zero-order chi connectivity index (χ0) is 21.0. The Bertz CT molecular complexity index is 947. The van der Waals surface area contributed by atoms with E-state index in [0.717, 1.165) is 17.0 Å². The first kappa shape index (κ1) is 21.2. The van der Waals surface area contributed by atoms with E-state index >= 15 is 0 Å². The molecule has 1 heterocycles. The lowest BCUT2D eigenvalue weighted by atomic mass is 10.2. The van der Waals surface area contributed by atoms with Crippen LogP contribution in [0, 0.1) is 6.92 Å². The van der Waals surface area contributed by atoms with Gasteiger partial charge in [-0.1, -0.05) is 29.4 Å². The van der Waals surface area contributed by atoms with E-state index in [9.17, 15) is 9.59 Å². The summed E-state index contributed by atoms with van der Waals surface area (Å²) in [6, 6.07) is 12.7. The molecular formula is C21H22ClN3O3S. The minimum absolute atomic E-state index is 0.0572. The molecule has 0 aliphatic carbocycles. The summed E-state index contributed by atoms with van der Waals surface area (Å²) in [6.45, 7) is 4.41.